The molecule has 0 unspecified atom stereocenters. The van der Waals surface area contributed by atoms with Crippen LogP contribution in [0.1, 0.15) is 30.0 Å². The first-order valence-electron chi connectivity index (χ1n) is 7.15. The standard InChI is InChI=1S/C16H17ClFN3/c17-14-4-1-5-15(18)13(14)10-21-8-2-3-12(9-21)16-6-7-19-11-20-16/h1,4-7,11-12H,2-3,8-10H2/t12-/m1/s1. The van der Waals surface area contributed by atoms with Crippen LogP contribution in [-0.2, 0) is 6.54 Å². The van der Waals surface area contributed by atoms with Crippen LogP contribution in [0.4, 0.5) is 4.39 Å². The van der Waals surface area contributed by atoms with E-state index in [0.717, 1.165) is 31.6 Å². The van der Waals surface area contributed by atoms with Gasteiger partial charge in [0.15, 0.2) is 0 Å². The molecule has 21 heavy (non-hydrogen) atoms. The predicted molar refractivity (Wildman–Crippen MR) is 80.7 cm³/mol. The molecule has 0 N–H and O–H groups in total. The van der Waals surface area contributed by atoms with E-state index in [1.165, 1.54) is 6.07 Å². The Bertz CT molecular complexity index is 585. The van der Waals surface area contributed by atoms with Gasteiger partial charge in [-0.05, 0) is 37.6 Å². The smallest absolute Gasteiger partial charge is 0.129 e. The number of hydrogen-bond acceptors (Lipinski definition) is 3. The quantitative estimate of drug-likeness (QED) is 0.867. The summed E-state index contributed by atoms with van der Waals surface area (Å²) in [6, 6.07) is 6.81. The second-order valence-corrected chi connectivity index (χ2v) is 5.82. The van der Waals surface area contributed by atoms with Crippen LogP contribution in [0.5, 0.6) is 0 Å². The summed E-state index contributed by atoms with van der Waals surface area (Å²) in [5.41, 5.74) is 1.65. The maximum absolute atomic E-state index is 13.9. The molecule has 0 spiro atoms. The second-order valence-electron chi connectivity index (χ2n) is 5.41. The van der Waals surface area contributed by atoms with Crippen molar-refractivity contribution in [3.05, 3.63) is 58.9 Å². The van der Waals surface area contributed by atoms with Gasteiger partial charge in [-0.1, -0.05) is 17.7 Å². The highest BCUT2D eigenvalue weighted by Gasteiger charge is 2.23. The molecule has 2 heterocycles. The predicted octanol–water partition coefficient (Wildman–Crippen LogP) is 3.65. The van der Waals surface area contributed by atoms with E-state index >= 15 is 0 Å². The second kappa shape index (κ2) is 6.50. The van der Waals surface area contributed by atoms with Crippen molar-refractivity contribution in [2.75, 3.05) is 13.1 Å². The van der Waals surface area contributed by atoms with Gasteiger partial charge in [-0.3, -0.25) is 4.90 Å². The van der Waals surface area contributed by atoms with Gasteiger partial charge in [0, 0.05) is 41.5 Å². The van der Waals surface area contributed by atoms with Crippen LogP contribution < -0.4 is 0 Å². The molecule has 0 radical (unpaired) electrons. The highest BCUT2D eigenvalue weighted by molar-refractivity contribution is 6.31. The van der Waals surface area contributed by atoms with Crippen molar-refractivity contribution in [1.82, 2.24) is 14.9 Å². The topological polar surface area (TPSA) is 29.0 Å². The van der Waals surface area contributed by atoms with Gasteiger partial charge in [-0.25, -0.2) is 14.4 Å². The number of piperidine rings is 1. The van der Waals surface area contributed by atoms with E-state index in [4.69, 9.17) is 11.6 Å². The summed E-state index contributed by atoms with van der Waals surface area (Å²) >= 11 is 6.11. The molecule has 2 aromatic rings. The van der Waals surface area contributed by atoms with Crippen LogP contribution in [0.15, 0.2) is 36.8 Å². The maximum atomic E-state index is 13.9. The minimum atomic E-state index is -0.230. The Hall–Kier alpha value is -1.52. The monoisotopic (exact) mass is 305 g/mol. The van der Waals surface area contributed by atoms with Gasteiger partial charge in [0.1, 0.15) is 12.1 Å². The van der Waals surface area contributed by atoms with E-state index in [1.807, 2.05) is 6.07 Å². The molecule has 1 atom stereocenters. The number of aromatic nitrogens is 2. The molecule has 1 aliphatic rings. The number of halogens is 2. The lowest BCUT2D eigenvalue weighted by Crippen LogP contribution is -2.34. The molecular formula is C16H17ClFN3. The Morgan fingerprint density at radius 2 is 2.24 bits per heavy atom. The van der Waals surface area contributed by atoms with Crippen molar-refractivity contribution < 1.29 is 4.39 Å². The third kappa shape index (κ3) is 3.39. The minimum Gasteiger partial charge on any atom is -0.298 e. The molecular weight excluding hydrogens is 289 g/mol. The van der Waals surface area contributed by atoms with E-state index in [0.29, 0.717) is 23.0 Å². The van der Waals surface area contributed by atoms with E-state index < -0.39 is 0 Å². The summed E-state index contributed by atoms with van der Waals surface area (Å²) in [4.78, 5) is 10.6. The average molecular weight is 306 g/mol. The van der Waals surface area contributed by atoms with Crippen molar-refractivity contribution in [1.29, 1.82) is 0 Å². The zero-order chi connectivity index (χ0) is 14.7. The van der Waals surface area contributed by atoms with Crippen molar-refractivity contribution in [2.45, 2.75) is 25.3 Å². The fourth-order valence-corrected chi connectivity index (χ4v) is 3.11. The molecule has 5 heteroatoms. The van der Waals surface area contributed by atoms with Gasteiger partial charge in [-0.2, -0.15) is 0 Å². The first kappa shape index (κ1) is 14.4. The number of nitrogens with zero attached hydrogens (tertiary/aromatic N) is 3. The third-order valence-corrected chi connectivity index (χ3v) is 4.33. The number of benzene rings is 1. The van der Waals surface area contributed by atoms with Crippen LogP contribution in [-0.4, -0.2) is 28.0 Å². The van der Waals surface area contributed by atoms with Gasteiger partial charge >= 0.3 is 0 Å². The molecule has 0 bridgehead atoms. The largest absolute Gasteiger partial charge is 0.298 e. The lowest BCUT2D eigenvalue weighted by Gasteiger charge is -2.32. The van der Waals surface area contributed by atoms with Crippen molar-refractivity contribution in [2.24, 2.45) is 0 Å². The first-order chi connectivity index (χ1) is 10.2. The Balaban J connectivity index is 1.72. The summed E-state index contributed by atoms with van der Waals surface area (Å²) in [6.07, 6.45) is 5.55. The van der Waals surface area contributed by atoms with Crippen LogP contribution >= 0.6 is 11.6 Å². The fraction of sp³-hybridized carbons (Fsp3) is 0.375. The van der Waals surface area contributed by atoms with Crippen LogP contribution in [0.25, 0.3) is 0 Å². The van der Waals surface area contributed by atoms with Crippen molar-refractivity contribution >= 4 is 11.6 Å². The molecule has 1 aromatic heterocycles. The average Bonchev–Trinajstić information content (AvgIpc) is 2.52. The Labute approximate surface area is 128 Å². The molecule has 110 valence electrons. The summed E-state index contributed by atoms with van der Waals surface area (Å²) in [6.45, 7) is 2.39. The summed E-state index contributed by atoms with van der Waals surface area (Å²) in [7, 11) is 0. The van der Waals surface area contributed by atoms with Crippen molar-refractivity contribution in [3.63, 3.8) is 0 Å². The normalized spacial score (nSPS) is 19.6. The maximum Gasteiger partial charge on any atom is 0.129 e. The third-order valence-electron chi connectivity index (χ3n) is 3.97. The van der Waals surface area contributed by atoms with Crippen molar-refractivity contribution in [3.8, 4) is 0 Å². The molecule has 0 aliphatic carbocycles. The number of likely N-dealkylation sites (tertiary alicyclic amines) is 1. The zero-order valence-corrected chi connectivity index (χ0v) is 12.4. The van der Waals surface area contributed by atoms with Crippen LogP contribution in [0, 0.1) is 5.82 Å². The van der Waals surface area contributed by atoms with E-state index in [9.17, 15) is 4.39 Å². The SMILES string of the molecule is Fc1cccc(Cl)c1CN1CCC[C@@H](c2ccncn2)C1. The van der Waals surface area contributed by atoms with Gasteiger partial charge in [-0.15, -0.1) is 0 Å². The lowest BCUT2D eigenvalue weighted by molar-refractivity contribution is 0.196. The molecule has 1 aliphatic heterocycles. The van der Waals surface area contributed by atoms with Crippen LogP contribution in [0.3, 0.4) is 0 Å². The van der Waals surface area contributed by atoms with Gasteiger partial charge < -0.3 is 0 Å². The number of rotatable bonds is 3. The lowest BCUT2D eigenvalue weighted by atomic mass is 9.94. The van der Waals surface area contributed by atoms with Gasteiger partial charge in [0.05, 0.1) is 0 Å². The zero-order valence-electron chi connectivity index (χ0n) is 11.7. The van der Waals surface area contributed by atoms with E-state index in [2.05, 4.69) is 14.9 Å². The summed E-state index contributed by atoms with van der Waals surface area (Å²) in [5.74, 6) is 0.152. The highest BCUT2D eigenvalue weighted by atomic mass is 35.5. The van der Waals surface area contributed by atoms with Gasteiger partial charge in [0.25, 0.3) is 0 Å². The van der Waals surface area contributed by atoms with Crippen LogP contribution in [0.2, 0.25) is 5.02 Å². The minimum absolute atomic E-state index is 0.230. The molecule has 3 nitrogen and oxygen atoms in total. The Morgan fingerprint density at radius 3 is 3.00 bits per heavy atom. The fourth-order valence-electron chi connectivity index (χ4n) is 2.89. The molecule has 0 saturated carbocycles. The molecule has 3 rings (SSSR count). The molecule has 1 saturated heterocycles. The van der Waals surface area contributed by atoms with E-state index in [1.54, 1.807) is 24.7 Å². The summed E-state index contributed by atoms with van der Waals surface area (Å²) < 4.78 is 13.9. The highest BCUT2D eigenvalue weighted by Crippen LogP contribution is 2.28. The molecule has 0 amide bonds. The first-order valence-corrected chi connectivity index (χ1v) is 7.53. The Kier molecular flexibility index (Phi) is 4.46. The Morgan fingerprint density at radius 1 is 1.33 bits per heavy atom. The molecule has 1 fully saturated rings. The number of hydrogen-bond donors (Lipinski definition) is 0. The summed E-state index contributed by atoms with van der Waals surface area (Å²) in [5, 5.41) is 0.499. The molecule has 1 aromatic carbocycles. The van der Waals surface area contributed by atoms with Gasteiger partial charge in [0.2, 0.25) is 0 Å². The van der Waals surface area contributed by atoms with E-state index in [-0.39, 0.29) is 5.82 Å².